The number of piperidine rings is 1. The average molecular weight is 459 g/mol. The predicted octanol–water partition coefficient (Wildman–Crippen LogP) is 6.82. The van der Waals surface area contributed by atoms with Crippen molar-refractivity contribution < 1.29 is 14.3 Å². The molecule has 1 atom stereocenters. The van der Waals surface area contributed by atoms with Crippen LogP contribution in [0.3, 0.4) is 0 Å². The number of aliphatic hydroxyl groups is 1. The molecule has 1 amide bonds. The van der Waals surface area contributed by atoms with Gasteiger partial charge in [0.1, 0.15) is 5.82 Å². The van der Waals surface area contributed by atoms with E-state index >= 15 is 0 Å². The van der Waals surface area contributed by atoms with Crippen LogP contribution in [0.5, 0.6) is 0 Å². The number of nitrogens with one attached hydrogen (secondary N) is 1. The van der Waals surface area contributed by atoms with Gasteiger partial charge in [-0.15, -0.1) is 0 Å². The second-order valence-corrected chi connectivity index (χ2v) is 8.33. The number of nitrogens with zero attached hydrogens (tertiary/aromatic N) is 1. The summed E-state index contributed by atoms with van der Waals surface area (Å²) in [5, 5.41) is 12.8. The van der Waals surface area contributed by atoms with Gasteiger partial charge >= 0.3 is 0 Å². The largest absolute Gasteiger partial charge is 0.388 e. The van der Waals surface area contributed by atoms with E-state index in [0.29, 0.717) is 18.4 Å². The van der Waals surface area contributed by atoms with Crippen molar-refractivity contribution in [2.75, 3.05) is 25.0 Å². The maximum Gasteiger partial charge on any atom is 0.224 e. The normalized spacial score (nSPS) is 14.8. The van der Waals surface area contributed by atoms with Gasteiger partial charge in [-0.3, -0.25) is 4.79 Å². The van der Waals surface area contributed by atoms with Crippen molar-refractivity contribution in [2.24, 2.45) is 5.92 Å². The first kappa shape index (κ1) is 28.8. The molecule has 0 bridgehead atoms. The number of amides is 1. The van der Waals surface area contributed by atoms with E-state index in [1.54, 1.807) is 18.2 Å². The number of hydrogen-bond acceptors (Lipinski definition) is 3. The lowest BCUT2D eigenvalue weighted by atomic mass is 9.98. The molecule has 0 radical (unpaired) electrons. The standard InChI is InChI=1S/C17H26FNO.C9H11NO.C2H6/c1-14-9-12-19(13-10-14)11-5-4-8-17(20)15-6-2-3-7-16(15)18;1-2-9(11)10-8-6-4-3-5-7-8;1-2/h2-3,6-7,14,17,20H,4-5,8-13H2,1H3;3-7H,2H2,1H3,(H,10,11);1-2H3. The fourth-order valence-electron chi connectivity index (χ4n) is 3.63. The molecule has 4 nitrogen and oxygen atoms in total. The molecule has 1 unspecified atom stereocenters. The van der Waals surface area contributed by atoms with Crippen molar-refractivity contribution in [1.29, 1.82) is 0 Å². The third kappa shape index (κ3) is 12.0. The van der Waals surface area contributed by atoms with Gasteiger partial charge in [-0.25, -0.2) is 4.39 Å². The van der Waals surface area contributed by atoms with Crippen LogP contribution in [-0.2, 0) is 4.79 Å². The Hall–Kier alpha value is -2.24. The zero-order valence-electron chi connectivity index (χ0n) is 20.9. The van der Waals surface area contributed by atoms with Crippen LogP contribution in [0.1, 0.15) is 77.9 Å². The van der Waals surface area contributed by atoms with Gasteiger partial charge in [0.2, 0.25) is 5.91 Å². The maximum absolute atomic E-state index is 13.5. The molecule has 1 saturated heterocycles. The number of anilines is 1. The van der Waals surface area contributed by atoms with Crippen molar-refractivity contribution in [3.8, 4) is 0 Å². The fourth-order valence-corrected chi connectivity index (χ4v) is 3.63. The highest BCUT2D eigenvalue weighted by atomic mass is 19.1. The molecule has 1 aliphatic rings. The molecule has 33 heavy (non-hydrogen) atoms. The summed E-state index contributed by atoms with van der Waals surface area (Å²) in [6, 6.07) is 16.0. The van der Waals surface area contributed by atoms with Gasteiger partial charge in [0.05, 0.1) is 6.10 Å². The number of unbranched alkanes of at least 4 members (excludes halogenated alkanes) is 1. The summed E-state index contributed by atoms with van der Waals surface area (Å²) >= 11 is 0. The van der Waals surface area contributed by atoms with Crippen LogP contribution >= 0.6 is 0 Å². The minimum atomic E-state index is -0.669. The lowest BCUT2D eigenvalue weighted by Gasteiger charge is -2.30. The Labute approximate surface area is 200 Å². The number of aliphatic hydroxyl groups excluding tert-OH is 1. The number of para-hydroxylation sites is 1. The molecule has 3 rings (SSSR count). The zero-order valence-corrected chi connectivity index (χ0v) is 20.9. The van der Waals surface area contributed by atoms with Gasteiger partial charge in [-0.1, -0.05) is 64.1 Å². The third-order valence-electron chi connectivity index (χ3n) is 5.72. The Morgan fingerprint density at radius 1 is 1.06 bits per heavy atom. The molecule has 5 heteroatoms. The van der Waals surface area contributed by atoms with Crippen molar-refractivity contribution in [3.63, 3.8) is 0 Å². The number of rotatable bonds is 8. The van der Waals surface area contributed by atoms with Crippen LogP contribution in [0.25, 0.3) is 0 Å². The van der Waals surface area contributed by atoms with Crippen LogP contribution < -0.4 is 5.32 Å². The molecular weight excluding hydrogens is 415 g/mol. The lowest BCUT2D eigenvalue weighted by Crippen LogP contribution is -2.33. The van der Waals surface area contributed by atoms with E-state index in [0.717, 1.165) is 31.0 Å². The number of carbonyl (C=O) groups excluding carboxylic acids is 1. The summed E-state index contributed by atoms with van der Waals surface area (Å²) in [6.07, 6.45) is 5.13. The predicted molar refractivity (Wildman–Crippen MR) is 137 cm³/mol. The lowest BCUT2D eigenvalue weighted by molar-refractivity contribution is -0.115. The van der Waals surface area contributed by atoms with Crippen molar-refractivity contribution in [3.05, 3.63) is 66.0 Å². The second kappa shape index (κ2) is 17.3. The Kier molecular flexibility index (Phi) is 15.1. The third-order valence-corrected chi connectivity index (χ3v) is 5.72. The Morgan fingerprint density at radius 3 is 2.27 bits per heavy atom. The van der Waals surface area contributed by atoms with Crippen molar-refractivity contribution in [2.45, 2.75) is 72.3 Å². The topological polar surface area (TPSA) is 52.6 Å². The molecule has 184 valence electrons. The quantitative estimate of drug-likeness (QED) is 0.427. The van der Waals surface area contributed by atoms with Gasteiger partial charge in [-0.2, -0.15) is 0 Å². The molecule has 0 spiro atoms. The second-order valence-electron chi connectivity index (χ2n) is 8.33. The minimum absolute atomic E-state index is 0.0520. The summed E-state index contributed by atoms with van der Waals surface area (Å²) in [5.41, 5.74) is 1.29. The highest BCUT2D eigenvalue weighted by Gasteiger charge is 2.16. The van der Waals surface area contributed by atoms with E-state index in [9.17, 15) is 14.3 Å². The molecule has 1 heterocycles. The van der Waals surface area contributed by atoms with Gasteiger partial charge in [0.15, 0.2) is 0 Å². The summed E-state index contributed by atoms with van der Waals surface area (Å²) in [6.45, 7) is 11.7. The van der Waals surface area contributed by atoms with E-state index in [1.165, 1.54) is 32.0 Å². The number of carbonyl (C=O) groups is 1. The first-order valence-corrected chi connectivity index (χ1v) is 12.5. The molecular formula is C28H43FN2O2. The number of halogens is 1. The zero-order chi connectivity index (χ0) is 24.5. The van der Waals surface area contributed by atoms with E-state index in [2.05, 4.69) is 17.1 Å². The maximum atomic E-state index is 13.5. The molecule has 0 aromatic heterocycles. The minimum Gasteiger partial charge on any atom is -0.388 e. The smallest absolute Gasteiger partial charge is 0.224 e. The van der Waals surface area contributed by atoms with Gasteiger partial charge < -0.3 is 15.3 Å². The highest BCUT2D eigenvalue weighted by molar-refractivity contribution is 5.90. The van der Waals surface area contributed by atoms with Gasteiger partial charge in [0, 0.05) is 17.7 Å². The average Bonchev–Trinajstić information content (AvgIpc) is 2.85. The van der Waals surface area contributed by atoms with Crippen molar-refractivity contribution in [1.82, 2.24) is 4.90 Å². The molecule has 0 saturated carbocycles. The number of hydrogen-bond donors (Lipinski definition) is 2. The summed E-state index contributed by atoms with van der Waals surface area (Å²) in [4.78, 5) is 13.4. The molecule has 1 aliphatic heterocycles. The van der Waals surface area contributed by atoms with Crippen LogP contribution in [0.15, 0.2) is 54.6 Å². The van der Waals surface area contributed by atoms with Crippen molar-refractivity contribution >= 4 is 11.6 Å². The summed E-state index contributed by atoms with van der Waals surface area (Å²) in [5.74, 6) is 0.621. The van der Waals surface area contributed by atoms with Crippen LogP contribution in [-0.4, -0.2) is 35.5 Å². The van der Waals surface area contributed by atoms with E-state index in [-0.39, 0.29) is 11.7 Å². The van der Waals surface area contributed by atoms with E-state index in [1.807, 2.05) is 51.1 Å². The van der Waals surface area contributed by atoms with E-state index in [4.69, 9.17) is 0 Å². The fraction of sp³-hybridized carbons (Fsp3) is 0.536. The first-order chi connectivity index (χ1) is 16.0. The molecule has 2 aromatic rings. The number of benzene rings is 2. The SMILES string of the molecule is CC.CC1CCN(CCCCC(O)c2ccccc2F)CC1.CCC(=O)Nc1ccccc1. The van der Waals surface area contributed by atoms with Gasteiger partial charge in [0.25, 0.3) is 0 Å². The number of likely N-dealkylation sites (tertiary alicyclic amines) is 1. The summed E-state index contributed by atoms with van der Waals surface area (Å²) in [7, 11) is 0. The van der Waals surface area contributed by atoms with Crippen LogP contribution in [0.4, 0.5) is 10.1 Å². The van der Waals surface area contributed by atoms with E-state index < -0.39 is 6.10 Å². The molecule has 1 fully saturated rings. The Bertz CT molecular complexity index is 762. The highest BCUT2D eigenvalue weighted by Crippen LogP contribution is 2.22. The monoisotopic (exact) mass is 458 g/mol. The molecule has 0 aliphatic carbocycles. The first-order valence-electron chi connectivity index (χ1n) is 12.5. The van der Waals surface area contributed by atoms with Crippen LogP contribution in [0.2, 0.25) is 0 Å². The summed E-state index contributed by atoms with van der Waals surface area (Å²) < 4.78 is 13.5. The molecule has 2 aromatic carbocycles. The van der Waals surface area contributed by atoms with Crippen LogP contribution in [0, 0.1) is 11.7 Å². The van der Waals surface area contributed by atoms with Gasteiger partial charge in [-0.05, 0) is 75.9 Å². The Balaban J connectivity index is 0.000000354. The Morgan fingerprint density at radius 2 is 1.67 bits per heavy atom. The molecule has 2 N–H and O–H groups in total.